The van der Waals surface area contributed by atoms with Crippen LogP contribution in [0, 0.1) is 0 Å². The van der Waals surface area contributed by atoms with Gasteiger partial charge in [-0.3, -0.25) is 9.79 Å². The number of nitrogens with one attached hydrogen (secondary N) is 2. The standard InChI is InChI=1S/C17H21ClN6O2.HI/c1-20-17(22-9-12-4-5-14(26-12)15(19)25)23-11-6-8-24(10-11)16-13(18)3-2-7-21-16;/h2-5,7,11H,6,8-10H2,1H3,(H2,19,25)(H2,20,22,23);1H. The van der Waals surface area contributed by atoms with E-state index in [2.05, 4.69) is 25.5 Å². The van der Waals surface area contributed by atoms with Gasteiger partial charge in [-0.15, -0.1) is 24.0 Å². The molecule has 10 heteroatoms. The van der Waals surface area contributed by atoms with Crippen LogP contribution in [0.3, 0.4) is 0 Å². The van der Waals surface area contributed by atoms with Crippen molar-refractivity contribution in [3.8, 4) is 0 Å². The van der Waals surface area contributed by atoms with Crippen LogP contribution in [0.5, 0.6) is 0 Å². The first-order valence-corrected chi connectivity index (χ1v) is 8.65. The van der Waals surface area contributed by atoms with Crippen LogP contribution in [-0.2, 0) is 6.54 Å². The van der Waals surface area contributed by atoms with Gasteiger partial charge in [-0.2, -0.15) is 0 Å². The monoisotopic (exact) mass is 504 g/mol. The van der Waals surface area contributed by atoms with E-state index in [1.165, 1.54) is 0 Å². The van der Waals surface area contributed by atoms with Gasteiger partial charge in [0.2, 0.25) is 0 Å². The van der Waals surface area contributed by atoms with Gasteiger partial charge >= 0.3 is 0 Å². The number of guanidine groups is 1. The first-order chi connectivity index (χ1) is 12.6. The van der Waals surface area contributed by atoms with Crippen molar-refractivity contribution in [1.82, 2.24) is 15.6 Å². The van der Waals surface area contributed by atoms with Crippen LogP contribution in [0.15, 0.2) is 39.9 Å². The molecule has 1 saturated heterocycles. The maximum Gasteiger partial charge on any atom is 0.284 e. The van der Waals surface area contributed by atoms with Gasteiger partial charge in [-0.1, -0.05) is 11.6 Å². The zero-order valence-corrected chi connectivity index (χ0v) is 17.9. The third-order valence-electron chi connectivity index (χ3n) is 4.13. The number of aliphatic imine (C=N–C) groups is 1. The molecule has 1 unspecified atom stereocenters. The van der Waals surface area contributed by atoms with Gasteiger partial charge in [0.05, 0.1) is 11.6 Å². The average molecular weight is 505 g/mol. The van der Waals surface area contributed by atoms with Crippen molar-refractivity contribution in [2.24, 2.45) is 10.7 Å². The SMILES string of the molecule is CN=C(NCc1ccc(C(N)=O)o1)NC1CCN(c2ncccc2Cl)C1.I. The third kappa shape index (κ3) is 5.48. The van der Waals surface area contributed by atoms with E-state index in [-0.39, 0.29) is 35.8 Å². The van der Waals surface area contributed by atoms with Gasteiger partial charge in [-0.25, -0.2) is 4.98 Å². The van der Waals surface area contributed by atoms with E-state index in [0.717, 1.165) is 25.3 Å². The lowest BCUT2D eigenvalue weighted by molar-refractivity contribution is 0.0972. The minimum Gasteiger partial charge on any atom is -0.454 e. The van der Waals surface area contributed by atoms with E-state index < -0.39 is 5.91 Å². The minimum absolute atomic E-state index is 0. The molecule has 1 aliphatic heterocycles. The van der Waals surface area contributed by atoms with Crippen LogP contribution in [-0.4, -0.2) is 43.0 Å². The normalized spacial score (nSPS) is 16.7. The number of carbonyl (C=O) groups is 1. The van der Waals surface area contributed by atoms with E-state index in [4.69, 9.17) is 21.8 Å². The molecule has 3 rings (SSSR count). The molecule has 27 heavy (non-hydrogen) atoms. The lowest BCUT2D eigenvalue weighted by atomic mass is 10.3. The second-order valence-corrected chi connectivity index (χ2v) is 6.35. The predicted octanol–water partition coefficient (Wildman–Crippen LogP) is 1.99. The molecule has 0 radical (unpaired) electrons. The molecule has 1 atom stereocenters. The molecule has 1 amide bonds. The Morgan fingerprint density at radius 3 is 2.96 bits per heavy atom. The summed E-state index contributed by atoms with van der Waals surface area (Å²) in [5, 5.41) is 7.19. The Kier molecular flexibility index (Phi) is 7.72. The van der Waals surface area contributed by atoms with Gasteiger partial charge in [0, 0.05) is 32.4 Å². The Hall–Kier alpha value is -2.01. The number of rotatable bonds is 5. The maximum atomic E-state index is 11.1. The Balaban J connectivity index is 0.00000261. The smallest absolute Gasteiger partial charge is 0.284 e. The summed E-state index contributed by atoms with van der Waals surface area (Å²) in [6, 6.07) is 7.15. The van der Waals surface area contributed by atoms with E-state index >= 15 is 0 Å². The van der Waals surface area contributed by atoms with Crippen LogP contribution in [0.4, 0.5) is 5.82 Å². The Bertz CT molecular complexity index is 812. The fraction of sp³-hybridized carbons (Fsp3) is 0.353. The molecule has 8 nitrogen and oxygen atoms in total. The number of amides is 1. The lowest BCUT2D eigenvalue weighted by Gasteiger charge is -2.20. The summed E-state index contributed by atoms with van der Waals surface area (Å²) in [5.41, 5.74) is 5.18. The summed E-state index contributed by atoms with van der Waals surface area (Å²) in [5.74, 6) is 1.62. The quantitative estimate of drug-likeness (QED) is 0.326. The number of primary amides is 1. The largest absolute Gasteiger partial charge is 0.454 e. The number of nitrogens with zero attached hydrogens (tertiary/aromatic N) is 3. The second kappa shape index (κ2) is 9.79. The summed E-state index contributed by atoms with van der Waals surface area (Å²) in [4.78, 5) is 21.8. The zero-order valence-electron chi connectivity index (χ0n) is 14.8. The molecule has 0 aliphatic carbocycles. The van der Waals surface area contributed by atoms with Crippen LogP contribution in [0.25, 0.3) is 0 Å². The molecule has 0 saturated carbocycles. The number of hydrogen-bond acceptors (Lipinski definition) is 5. The third-order valence-corrected chi connectivity index (χ3v) is 4.42. The maximum absolute atomic E-state index is 11.1. The molecule has 4 N–H and O–H groups in total. The summed E-state index contributed by atoms with van der Waals surface area (Å²) < 4.78 is 5.35. The first kappa shape index (κ1) is 21.3. The van der Waals surface area contributed by atoms with Crippen molar-refractivity contribution in [2.75, 3.05) is 25.0 Å². The highest BCUT2D eigenvalue weighted by atomic mass is 127. The van der Waals surface area contributed by atoms with Gasteiger partial charge in [0.15, 0.2) is 11.7 Å². The highest BCUT2D eigenvalue weighted by molar-refractivity contribution is 14.0. The predicted molar refractivity (Wildman–Crippen MR) is 116 cm³/mol. The van der Waals surface area contributed by atoms with Crippen molar-refractivity contribution < 1.29 is 9.21 Å². The molecule has 1 aliphatic rings. The van der Waals surface area contributed by atoms with Crippen molar-refractivity contribution >= 4 is 53.3 Å². The van der Waals surface area contributed by atoms with Gasteiger partial charge in [0.1, 0.15) is 11.6 Å². The highest BCUT2D eigenvalue weighted by Gasteiger charge is 2.25. The number of nitrogens with two attached hydrogens (primary N) is 1. The minimum atomic E-state index is -0.585. The molecule has 3 heterocycles. The van der Waals surface area contributed by atoms with Crippen molar-refractivity contribution in [2.45, 2.75) is 19.0 Å². The fourth-order valence-electron chi connectivity index (χ4n) is 2.84. The van der Waals surface area contributed by atoms with Crippen LogP contribution < -0.4 is 21.3 Å². The number of pyridine rings is 1. The number of carbonyl (C=O) groups excluding carboxylic acids is 1. The number of halogens is 2. The van der Waals surface area contributed by atoms with Crippen molar-refractivity contribution in [1.29, 1.82) is 0 Å². The van der Waals surface area contributed by atoms with Gasteiger partial charge in [-0.05, 0) is 30.7 Å². The number of aromatic nitrogens is 1. The highest BCUT2D eigenvalue weighted by Crippen LogP contribution is 2.25. The van der Waals surface area contributed by atoms with Crippen LogP contribution >= 0.6 is 35.6 Å². The van der Waals surface area contributed by atoms with E-state index in [1.807, 2.05) is 12.1 Å². The molecule has 0 spiro atoms. The summed E-state index contributed by atoms with van der Waals surface area (Å²) >= 11 is 6.22. The average Bonchev–Trinajstić information content (AvgIpc) is 3.28. The summed E-state index contributed by atoms with van der Waals surface area (Å²) in [6.45, 7) is 2.05. The van der Waals surface area contributed by atoms with E-state index in [0.29, 0.717) is 23.3 Å². The molecule has 0 bridgehead atoms. The van der Waals surface area contributed by atoms with Gasteiger partial charge in [0.25, 0.3) is 5.91 Å². The Morgan fingerprint density at radius 2 is 2.30 bits per heavy atom. The van der Waals surface area contributed by atoms with Crippen molar-refractivity contribution in [3.63, 3.8) is 0 Å². The first-order valence-electron chi connectivity index (χ1n) is 8.28. The van der Waals surface area contributed by atoms with E-state index in [9.17, 15) is 4.79 Å². The number of furan rings is 1. The fourth-order valence-corrected chi connectivity index (χ4v) is 3.09. The summed E-state index contributed by atoms with van der Waals surface area (Å²) in [6.07, 6.45) is 2.69. The second-order valence-electron chi connectivity index (χ2n) is 5.94. The lowest BCUT2D eigenvalue weighted by Crippen LogP contribution is -2.44. The van der Waals surface area contributed by atoms with Crippen molar-refractivity contribution in [3.05, 3.63) is 47.0 Å². The summed E-state index contributed by atoms with van der Waals surface area (Å²) in [7, 11) is 1.70. The molecular formula is C17H22ClIN6O2. The Morgan fingerprint density at radius 1 is 1.48 bits per heavy atom. The molecule has 1 fully saturated rings. The number of hydrogen-bond donors (Lipinski definition) is 3. The van der Waals surface area contributed by atoms with Gasteiger partial charge < -0.3 is 25.7 Å². The van der Waals surface area contributed by atoms with Crippen LogP contribution in [0.2, 0.25) is 5.02 Å². The topological polar surface area (TPSA) is 109 Å². The molecule has 2 aromatic rings. The number of anilines is 1. The zero-order chi connectivity index (χ0) is 18.5. The van der Waals surface area contributed by atoms with Crippen LogP contribution in [0.1, 0.15) is 22.7 Å². The Labute approximate surface area is 179 Å². The molecule has 0 aromatic carbocycles. The van der Waals surface area contributed by atoms with E-state index in [1.54, 1.807) is 25.4 Å². The molecule has 2 aromatic heterocycles. The molecular weight excluding hydrogens is 483 g/mol. The molecule has 146 valence electrons.